The summed E-state index contributed by atoms with van der Waals surface area (Å²) in [6.45, 7) is 4.32. The highest BCUT2D eigenvalue weighted by molar-refractivity contribution is 7.99. The lowest BCUT2D eigenvalue weighted by Gasteiger charge is -2.31. The first-order chi connectivity index (χ1) is 8.69. The molecule has 2 aliphatic rings. The van der Waals surface area contributed by atoms with Crippen molar-refractivity contribution < 1.29 is 4.79 Å². The van der Waals surface area contributed by atoms with Crippen molar-refractivity contribution in [2.45, 2.75) is 75.9 Å². The quantitative estimate of drug-likeness (QED) is 0.833. The van der Waals surface area contributed by atoms with Crippen LogP contribution >= 0.6 is 11.8 Å². The Morgan fingerprint density at radius 3 is 2.89 bits per heavy atom. The maximum Gasteiger partial charge on any atom is 0.241 e. The average molecular weight is 270 g/mol. The van der Waals surface area contributed by atoms with E-state index in [1.807, 2.05) is 11.8 Å². The number of thioether (sulfide) groups is 1. The standard InChI is InChI=1S/C14H26N2OS/c1-4-5-7-11-14(17)16(10(2)15-11)12-8-6-9-13(12)18-3/h10-13,15H,4-9H2,1-3H3. The molecule has 0 aromatic heterocycles. The number of hydrogen-bond acceptors (Lipinski definition) is 3. The maximum atomic E-state index is 12.5. The van der Waals surface area contributed by atoms with Crippen molar-refractivity contribution in [1.82, 2.24) is 10.2 Å². The van der Waals surface area contributed by atoms with Gasteiger partial charge >= 0.3 is 0 Å². The first kappa shape index (κ1) is 14.2. The Bertz CT molecular complexity index is 298. The summed E-state index contributed by atoms with van der Waals surface area (Å²) in [5.74, 6) is 0.349. The van der Waals surface area contributed by atoms with Crippen molar-refractivity contribution in [3.05, 3.63) is 0 Å². The summed E-state index contributed by atoms with van der Waals surface area (Å²) >= 11 is 1.93. The molecule has 1 N–H and O–H groups in total. The molecule has 4 atom stereocenters. The van der Waals surface area contributed by atoms with Crippen molar-refractivity contribution in [3.63, 3.8) is 0 Å². The minimum absolute atomic E-state index is 0.0723. The third kappa shape index (κ3) is 2.69. The third-order valence-electron chi connectivity index (χ3n) is 4.34. The molecule has 1 amide bonds. The molecule has 2 rings (SSSR count). The summed E-state index contributed by atoms with van der Waals surface area (Å²) in [6, 6.07) is 0.532. The van der Waals surface area contributed by atoms with Crippen LogP contribution in [0, 0.1) is 0 Å². The number of hydrogen-bond donors (Lipinski definition) is 1. The van der Waals surface area contributed by atoms with Gasteiger partial charge in [0.2, 0.25) is 5.91 Å². The number of rotatable bonds is 5. The van der Waals surface area contributed by atoms with E-state index in [2.05, 4.69) is 30.3 Å². The molecule has 18 heavy (non-hydrogen) atoms. The Hall–Kier alpha value is -0.220. The predicted octanol–water partition coefficient (Wildman–Crippen LogP) is 2.61. The summed E-state index contributed by atoms with van der Waals surface area (Å²) in [7, 11) is 0. The second kappa shape index (κ2) is 6.29. The zero-order chi connectivity index (χ0) is 13.1. The van der Waals surface area contributed by atoms with E-state index in [1.165, 1.54) is 19.3 Å². The highest BCUT2D eigenvalue weighted by Gasteiger charge is 2.43. The van der Waals surface area contributed by atoms with E-state index >= 15 is 0 Å². The fourth-order valence-electron chi connectivity index (χ4n) is 3.38. The topological polar surface area (TPSA) is 32.3 Å². The van der Waals surface area contributed by atoms with E-state index in [0.717, 1.165) is 19.3 Å². The largest absolute Gasteiger partial charge is 0.322 e. The van der Waals surface area contributed by atoms with Crippen molar-refractivity contribution in [2.75, 3.05) is 6.26 Å². The van der Waals surface area contributed by atoms with E-state index in [0.29, 0.717) is 17.2 Å². The normalized spacial score (nSPS) is 36.6. The van der Waals surface area contributed by atoms with Gasteiger partial charge < -0.3 is 4.90 Å². The Balaban J connectivity index is 2.02. The predicted molar refractivity (Wildman–Crippen MR) is 77.7 cm³/mol. The van der Waals surface area contributed by atoms with Gasteiger partial charge in [-0.15, -0.1) is 0 Å². The number of amides is 1. The van der Waals surface area contributed by atoms with Crippen LogP contribution in [0.1, 0.15) is 52.4 Å². The Labute approximate surface area is 115 Å². The van der Waals surface area contributed by atoms with Crippen LogP contribution in [-0.2, 0) is 4.79 Å². The minimum atomic E-state index is 0.0723. The summed E-state index contributed by atoms with van der Waals surface area (Å²) in [5, 5.41) is 4.12. The van der Waals surface area contributed by atoms with Gasteiger partial charge in [0, 0.05) is 11.3 Å². The van der Waals surface area contributed by atoms with Gasteiger partial charge in [-0.3, -0.25) is 10.1 Å². The number of carbonyl (C=O) groups excluding carboxylic acids is 1. The number of nitrogens with zero attached hydrogens (tertiary/aromatic N) is 1. The second-order valence-corrected chi connectivity index (χ2v) is 6.63. The second-order valence-electron chi connectivity index (χ2n) is 5.56. The van der Waals surface area contributed by atoms with Gasteiger partial charge in [0.05, 0.1) is 12.2 Å². The van der Waals surface area contributed by atoms with Crippen LogP contribution in [-0.4, -0.2) is 40.6 Å². The fourth-order valence-corrected chi connectivity index (χ4v) is 4.36. The Kier molecular flexibility index (Phi) is 4.96. The van der Waals surface area contributed by atoms with Crippen LogP contribution < -0.4 is 5.32 Å². The fraction of sp³-hybridized carbons (Fsp3) is 0.929. The molecule has 3 nitrogen and oxygen atoms in total. The number of unbranched alkanes of at least 4 members (excludes halogenated alkanes) is 1. The van der Waals surface area contributed by atoms with Crippen molar-refractivity contribution in [1.29, 1.82) is 0 Å². The molecular formula is C14H26N2OS. The first-order valence-electron chi connectivity index (χ1n) is 7.30. The van der Waals surface area contributed by atoms with Crippen molar-refractivity contribution in [2.24, 2.45) is 0 Å². The zero-order valence-electron chi connectivity index (χ0n) is 11.8. The Morgan fingerprint density at radius 1 is 1.44 bits per heavy atom. The van der Waals surface area contributed by atoms with Gasteiger partial charge in [0.15, 0.2) is 0 Å². The molecule has 0 aromatic rings. The summed E-state index contributed by atoms with van der Waals surface area (Å²) in [5.41, 5.74) is 0. The van der Waals surface area contributed by atoms with E-state index in [-0.39, 0.29) is 12.2 Å². The molecule has 1 aliphatic carbocycles. The average Bonchev–Trinajstić information content (AvgIpc) is 2.91. The molecule has 0 aromatic carbocycles. The maximum absolute atomic E-state index is 12.5. The van der Waals surface area contributed by atoms with E-state index in [9.17, 15) is 4.79 Å². The van der Waals surface area contributed by atoms with Crippen LogP contribution in [0.3, 0.4) is 0 Å². The van der Waals surface area contributed by atoms with Gasteiger partial charge in [-0.05, 0) is 32.4 Å². The van der Waals surface area contributed by atoms with E-state index < -0.39 is 0 Å². The smallest absolute Gasteiger partial charge is 0.241 e. The minimum Gasteiger partial charge on any atom is -0.322 e. The van der Waals surface area contributed by atoms with Crippen LogP contribution in [0.25, 0.3) is 0 Å². The highest BCUT2D eigenvalue weighted by Crippen LogP contribution is 2.35. The zero-order valence-corrected chi connectivity index (χ0v) is 12.6. The van der Waals surface area contributed by atoms with Crippen molar-refractivity contribution in [3.8, 4) is 0 Å². The molecule has 0 radical (unpaired) electrons. The van der Waals surface area contributed by atoms with Gasteiger partial charge in [-0.25, -0.2) is 0 Å². The van der Waals surface area contributed by atoms with E-state index in [4.69, 9.17) is 0 Å². The molecule has 1 aliphatic heterocycles. The van der Waals surface area contributed by atoms with Gasteiger partial charge in [0.1, 0.15) is 0 Å². The van der Waals surface area contributed by atoms with E-state index in [1.54, 1.807) is 0 Å². The monoisotopic (exact) mass is 270 g/mol. The number of carbonyl (C=O) groups is 1. The van der Waals surface area contributed by atoms with Crippen molar-refractivity contribution >= 4 is 17.7 Å². The lowest BCUT2D eigenvalue weighted by Crippen LogP contribution is -2.45. The molecule has 1 saturated carbocycles. The molecule has 0 bridgehead atoms. The molecule has 2 fully saturated rings. The van der Waals surface area contributed by atoms with Gasteiger partial charge in [0.25, 0.3) is 0 Å². The summed E-state index contributed by atoms with van der Waals surface area (Å²) in [4.78, 5) is 14.7. The van der Waals surface area contributed by atoms with Crippen LogP contribution in [0.2, 0.25) is 0 Å². The van der Waals surface area contributed by atoms with Crippen LogP contribution in [0.15, 0.2) is 0 Å². The van der Waals surface area contributed by atoms with Crippen LogP contribution in [0.5, 0.6) is 0 Å². The SMILES string of the molecule is CCCCC1NC(C)N(C2CCCC2SC)C1=O. The summed E-state index contributed by atoms with van der Waals surface area (Å²) < 4.78 is 0. The lowest BCUT2D eigenvalue weighted by molar-refractivity contribution is -0.132. The third-order valence-corrected chi connectivity index (χ3v) is 5.49. The van der Waals surface area contributed by atoms with Gasteiger partial charge in [-0.2, -0.15) is 11.8 Å². The molecule has 4 unspecified atom stereocenters. The molecule has 4 heteroatoms. The molecule has 104 valence electrons. The Morgan fingerprint density at radius 2 is 2.22 bits per heavy atom. The molecule has 1 saturated heterocycles. The highest BCUT2D eigenvalue weighted by atomic mass is 32.2. The summed E-state index contributed by atoms with van der Waals surface area (Å²) in [6.07, 6.45) is 9.41. The lowest BCUT2D eigenvalue weighted by atomic mass is 10.1. The first-order valence-corrected chi connectivity index (χ1v) is 8.58. The molecule has 1 heterocycles. The number of nitrogens with one attached hydrogen (secondary N) is 1. The molecule has 0 spiro atoms. The van der Waals surface area contributed by atoms with Crippen LogP contribution in [0.4, 0.5) is 0 Å². The molecular weight excluding hydrogens is 244 g/mol. The van der Waals surface area contributed by atoms with Gasteiger partial charge in [-0.1, -0.05) is 26.2 Å².